The Bertz CT molecular complexity index is 193. The fourth-order valence-electron chi connectivity index (χ4n) is 1.01. The highest BCUT2D eigenvalue weighted by Crippen LogP contribution is 1.96. The van der Waals surface area contributed by atoms with Crippen molar-refractivity contribution in [2.45, 2.75) is 6.92 Å². The summed E-state index contributed by atoms with van der Waals surface area (Å²) >= 11 is 0. The molecule has 2 amide bonds. The molecule has 1 aliphatic rings. The minimum Gasteiger partial charge on any atom is -0.450 e. The van der Waals surface area contributed by atoms with E-state index in [9.17, 15) is 9.59 Å². The third kappa shape index (κ3) is 2.11. The Balaban J connectivity index is 2.40. The standard InChI is InChI=1S/C7H12N2O3/c1-2-12-7(11)9-4-3-8-6(10)5-9/h2-5H2,1H3,(H,8,10). The molecule has 5 nitrogen and oxygen atoms in total. The van der Waals surface area contributed by atoms with Crippen molar-refractivity contribution in [1.82, 2.24) is 10.2 Å². The first-order chi connectivity index (χ1) is 5.74. The van der Waals surface area contributed by atoms with Gasteiger partial charge >= 0.3 is 6.09 Å². The lowest BCUT2D eigenvalue weighted by Gasteiger charge is -2.25. The maximum absolute atomic E-state index is 11.1. The second-order valence-corrected chi connectivity index (χ2v) is 2.47. The Hall–Kier alpha value is -1.26. The number of piperazine rings is 1. The second kappa shape index (κ2) is 3.94. The van der Waals surface area contributed by atoms with Crippen LogP contribution in [0.3, 0.4) is 0 Å². The number of carbonyl (C=O) groups excluding carboxylic acids is 2. The zero-order valence-electron chi connectivity index (χ0n) is 7.00. The van der Waals surface area contributed by atoms with Gasteiger partial charge < -0.3 is 10.1 Å². The molecule has 1 N–H and O–H groups in total. The predicted molar refractivity (Wildman–Crippen MR) is 41.6 cm³/mol. The molecule has 0 bridgehead atoms. The Labute approximate surface area is 70.7 Å². The topological polar surface area (TPSA) is 58.6 Å². The van der Waals surface area contributed by atoms with Gasteiger partial charge in [0.05, 0.1) is 6.61 Å². The van der Waals surface area contributed by atoms with E-state index in [0.29, 0.717) is 19.7 Å². The van der Waals surface area contributed by atoms with Crippen molar-refractivity contribution in [2.24, 2.45) is 0 Å². The number of rotatable bonds is 1. The van der Waals surface area contributed by atoms with Crippen molar-refractivity contribution in [2.75, 3.05) is 26.2 Å². The molecule has 0 unspecified atom stereocenters. The smallest absolute Gasteiger partial charge is 0.410 e. The molecule has 0 aromatic carbocycles. The first-order valence-electron chi connectivity index (χ1n) is 3.92. The van der Waals surface area contributed by atoms with E-state index in [0.717, 1.165) is 0 Å². The number of amides is 2. The largest absolute Gasteiger partial charge is 0.450 e. The van der Waals surface area contributed by atoms with Gasteiger partial charge in [0, 0.05) is 13.1 Å². The normalized spacial score (nSPS) is 17.1. The molecule has 0 spiro atoms. The molecule has 0 aromatic heterocycles. The molecule has 1 saturated heterocycles. The van der Waals surface area contributed by atoms with Gasteiger partial charge in [-0.1, -0.05) is 0 Å². The molecule has 1 fully saturated rings. The zero-order valence-corrected chi connectivity index (χ0v) is 7.00. The maximum Gasteiger partial charge on any atom is 0.410 e. The molecule has 1 rings (SSSR count). The van der Waals surface area contributed by atoms with E-state index in [2.05, 4.69) is 5.32 Å². The van der Waals surface area contributed by atoms with Gasteiger partial charge in [-0.25, -0.2) is 4.79 Å². The van der Waals surface area contributed by atoms with Crippen LogP contribution in [0.25, 0.3) is 0 Å². The van der Waals surface area contributed by atoms with E-state index >= 15 is 0 Å². The molecule has 5 heteroatoms. The van der Waals surface area contributed by atoms with Gasteiger partial charge in [-0.3, -0.25) is 9.69 Å². The predicted octanol–water partition coefficient (Wildman–Crippen LogP) is -0.425. The third-order valence-corrected chi connectivity index (χ3v) is 1.56. The summed E-state index contributed by atoms with van der Waals surface area (Å²) in [6.07, 6.45) is -0.410. The first-order valence-corrected chi connectivity index (χ1v) is 3.92. The van der Waals surface area contributed by atoms with Gasteiger partial charge in [0.15, 0.2) is 0 Å². The van der Waals surface area contributed by atoms with Gasteiger partial charge in [-0.2, -0.15) is 0 Å². The van der Waals surface area contributed by atoms with Crippen molar-refractivity contribution in [1.29, 1.82) is 0 Å². The van der Waals surface area contributed by atoms with Gasteiger partial charge in [-0.05, 0) is 6.92 Å². The van der Waals surface area contributed by atoms with Crippen LogP contribution < -0.4 is 5.32 Å². The van der Waals surface area contributed by atoms with E-state index in [4.69, 9.17) is 4.74 Å². The molecule has 1 aliphatic heterocycles. The number of hydrogen-bond donors (Lipinski definition) is 1. The summed E-state index contributed by atoms with van der Waals surface area (Å²) in [7, 11) is 0. The molecule has 0 saturated carbocycles. The number of carbonyl (C=O) groups is 2. The van der Waals surface area contributed by atoms with Gasteiger partial charge in [-0.15, -0.1) is 0 Å². The summed E-state index contributed by atoms with van der Waals surface area (Å²) in [6, 6.07) is 0. The van der Waals surface area contributed by atoms with Crippen LogP contribution in [0.5, 0.6) is 0 Å². The molecule has 68 valence electrons. The average molecular weight is 172 g/mol. The number of hydrogen-bond acceptors (Lipinski definition) is 3. The van der Waals surface area contributed by atoms with Crippen LogP contribution in [-0.4, -0.2) is 43.1 Å². The molecule has 0 radical (unpaired) electrons. The van der Waals surface area contributed by atoms with Crippen LogP contribution in [0.1, 0.15) is 6.92 Å². The molecule has 12 heavy (non-hydrogen) atoms. The Morgan fingerprint density at radius 2 is 2.50 bits per heavy atom. The number of nitrogens with one attached hydrogen (secondary N) is 1. The Morgan fingerprint density at radius 3 is 3.08 bits per heavy atom. The quantitative estimate of drug-likeness (QED) is 0.584. The average Bonchev–Trinajstić information content (AvgIpc) is 2.05. The lowest BCUT2D eigenvalue weighted by atomic mass is 10.4. The molecule has 0 aliphatic carbocycles. The summed E-state index contributed by atoms with van der Waals surface area (Å²) in [5.41, 5.74) is 0. The summed E-state index contributed by atoms with van der Waals surface area (Å²) < 4.78 is 4.74. The highest BCUT2D eigenvalue weighted by molar-refractivity contribution is 5.83. The van der Waals surface area contributed by atoms with Crippen molar-refractivity contribution >= 4 is 12.0 Å². The molecule has 0 aromatic rings. The lowest BCUT2D eigenvalue weighted by Crippen LogP contribution is -2.50. The van der Waals surface area contributed by atoms with Crippen molar-refractivity contribution in [3.05, 3.63) is 0 Å². The van der Waals surface area contributed by atoms with Crippen molar-refractivity contribution in [3.8, 4) is 0 Å². The highest BCUT2D eigenvalue weighted by atomic mass is 16.6. The highest BCUT2D eigenvalue weighted by Gasteiger charge is 2.21. The van der Waals surface area contributed by atoms with Gasteiger partial charge in [0.25, 0.3) is 0 Å². The minimum absolute atomic E-state index is 0.110. The summed E-state index contributed by atoms with van der Waals surface area (Å²) in [5.74, 6) is -0.130. The number of nitrogens with zero attached hydrogens (tertiary/aromatic N) is 1. The van der Waals surface area contributed by atoms with Crippen LogP contribution in [0.2, 0.25) is 0 Å². The fraction of sp³-hybridized carbons (Fsp3) is 0.714. The van der Waals surface area contributed by atoms with Crippen LogP contribution in [0, 0.1) is 0 Å². The van der Waals surface area contributed by atoms with E-state index in [-0.39, 0.29) is 12.5 Å². The van der Waals surface area contributed by atoms with Crippen LogP contribution >= 0.6 is 0 Å². The molecular weight excluding hydrogens is 160 g/mol. The third-order valence-electron chi connectivity index (χ3n) is 1.56. The Morgan fingerprint density at radius 1 is 1.75 bits per heavy atom. The molecule has 0 atom stereocenters. The van der Waals surface area contributed by atoms with E-state index < -0.39 is 6.09 Å². The SMILES string of the molecule is CCOC(=O)N1CCNC(=O)C1. The molecular formula is C7H12N2O3. The first kappa shape index (κ1) is 8.83. The summed E-state index contributed by atoms with van der Waals surface area (Å²) in [6.45, 7) is 3.24. The monoisotopic (exact) mass is 172 g/mol. The van der Waals surface area contributed by atoms with Crippen molar-refractivity contribution < 1.29 is 14.3 Å². The van der Waals surface area contributed by atoms with E-state index in [1.54, 1.807) is 6.92 Å². The van der Waals surface area contributed by atoms with E-state index in [1.165, 1.54) is 4.90 Å². The number of ether oxygens (including phenoxy) is 1. The van der Waals surface area contributed by atoms with Crippen LogP contribution in [0.15, 0.2) is 0 Å². The Kier molecular flexibility index (Phi) is 2.90. The van der Waals surface area contributed by atoms with Crippen LogP contribution in [-0.2, 0) is 9.53 Å². The summed E-state index contributed by atoms with van der Waals surface area (Å²) in [4.78, 5) is 23.3. The molecule has 1 heterocycles. The summed E-state index contributed by atoms with van der Waals surface area (Å²) in [5, 5.41) is 2.62. The maximum atomic E-state index is 11.1. The van der Waals surface area contributed by atoms with Crippen LogP contribution in [0.4, 0.5) is 4.79 Å². The zero-order chi connectivity index (χ0) is 8.97. The minimum atomic E-state index is -0.410. The van der Waals surface area contributed by atoms with Gasteiger partial charge in [0.1, 0.15) is 6.54 Å². The van der Waals surface area contributed by atoms with E-state index in [1.807, 2.05) is 0 Å². The fourth-order valence-corrected chi connectivity index (χ4v) is 1.01. The van der Waals surface area contributed by atoms with Gasteiger partial charge in [0.2, 0.25) is 5.91 Å². The second-order valence-electron chi connectivity index (χ2n) is 2.47. The lowest BCUT2D eigenvalue weighted by molar-refractivity contribution is -0.123. The van der Waals surface area contributed by atoms with Crippen molar-refractivity contribution in [3.63, 3.8) is 0 Å².